The Hall–Kier alpha value is -3.71. The lowest BCUT2D eigenvalue weighted by Crippen LogP contribution is -2.34. The molecule has 1 heterocycles. The molecule has 1 aliphatic heterocycles. The highest BCUT2D eigenvalue weighted by atomic mass is 16.7. The van der Waals surface area contributed by atoms with Crippen molar-refractivity contribution in [1.82, 2.24) is 5.43 Å². The number of carbonyl (C=O) groups excluding carboxylic acids is 1. The maximum atomic E-state index is 11.5. The molecular formula is C23H25N3O4. The number of para-hydroxylation sites is 1. The molecular weight excluding hydrogens is 382 g/mol. The van der Waals surface area contributed by atoms with Gasteiger partial charge >= 0.3 is 6.03 Å². The van der Waals surface area contributed by atoms with Crippen LogP contribution in [0, 0.1) is 0 Å². The number of nitrogens with two attached hydrogens (primary N) is 1. The zero-order valence-electron chi connectivity index (χ0n) is 17.0. The first-order chi connectivity index (χ1) is 14.7. The van der Waals surface area contributed by atoms with Crippen molar-refractivity contribution in [3.05, 3.63) is 72.3 Å². The Morgan fingerprint density at radius 1 is 0.967 bits per heavy atom. The Balaban J connectivity index is 0.00000124. The fourth-order valence-electron chi connectivity index (χ4n) is 2.93. The highest BCUT2D eigenvalue weighted by Gasteiger charge is 2.14. The summed E-state index contributed by atoms with van der Waals surface area (Å²) in [5.74, 6) is 7.34. The number of urea groups is 1. The molecule has 0 saturated heterocycles. The van der Waals surface area contributed by atoms with Crippen LogP contribution in [-0.4, -0.2) is 12.8 Å². The summed E-state index contributed by atoms with van der Waals surface area (Å²) in [6, 6.07) is 20.5. The average Bonchev–Trinajstić information content (AvgIpc) is 3.28. The van der Waals surface area contributed by atoms with Gasteiger partial charge in [0.25, 0.3) is 0 Å². The Kier molecular flexibility index (Phi) is 7.13. The molecule has 0 radical (unpaired) electrons. The minimum atomic E-state index is -0.489. The minimum absolute atomic E-state index is 0.248. The van der Waals surface area contributed by atoms with E-state index in [1.807, 2.05) is 79.9 Å². The molecule has 30 heavy (non-hydrogen) atoms. The van der Waals surface area contributed by atoms with Crippen molar-refractivity contribution >= 4 is 11.7 Å². The van der Waals surface area contributed by atoms with Crippen LogP contribution in [0.5, 0.6) is 17.2 Å². The van der Waals surface area contributed by atoms with Gasteiger partial charge in [-0.3, -0.25) is 5.43 Å². The zero-order chi connectivity index (χ0) is 21.3. The van der Waals surface area contributed by atoms with E-state index >= 15 is 0 Å². The Morgan fingerprint density at radius 3 is 2.57 bits per heavy atom. The summed E-state index contributed by atoms with van der Waals surface area (Å²) in [5, 5.41) is 2.68. The maximum absolute atomic E-state index is 11.5. The van der Waals surface area contributed by atoms with Crippen LogP contribution in [0.1, 0.15) is 19.4 Å². The maximum Gasteiger partial charge on any atom is 0.333 e. The van der Waals surface area contributed by atoms with Crippen molar-refractivity contribution in [3.8, 4) is 28.4 Å². The molecule has 0 bridgehead atoms. The van der Waals surface area contributed by atoms with E-state index in [0.29, 0.717) is 18.0 Å². The Labute approximate surface area is 175 Å². The third kappa shape index (κ3) is 5.01. The lowest BCUT2D eigenvalue weighted by atomic mass is 10.0. The lowest BCUT2D eigenvalue weighted by Gasteiger charge is -2.13. The lowest BCUT2D eigenvalue weighted by molar-refractivity contribution is 0.174. The van der Waals surface area contributed by atoms with Gasteiger partial charge < -0.3 is 19.5 Å². The summed E-state index contributed by atoms with van der Waals surface area (Å²) in [6.07, 6.45) is 0. The molecule has 0 saturated carbocycles. The first-order valence-electron chi connectivity index (χ1n) is 9.71. The molecule has 1 aliphatic rings. The molecule has 2 amide bonds. The van der Waals surface area contributed by atoms with Gasteiger partial charge in [0.2, 0.25) is 6.79 Å². The van der Waals surface area contributed by atoms with Crippen LogP contribution in [-0.2, 0) is 6.61 Å². The Bertz CT molecular complexity index is 1010. The molecule has 0 unspecified atom stereocenters. The van der Waals surface area contributed by atoms with Crippen LogP contribution in [0.3, 0.4) is 0 Å². The van der Waals surface area contributed by atoms with E-state index < -0.39 is 6.03 Å². The van der Waals surface area contributed by atoms with Crippen molar-refractivity contribution in [3.63, 3.8) is 0 Å². The number of hydrogen-bond donors (Lipinski definition) is 3. The number of benzene rings is 3. The van der Waals surface area contributed by atoms with E-state index in [9.17, 15) is 4.79 Å². The van der Waals surface area contributed by atoms with Gasteiger partial charge in [-0.15, -0.1) is 0 Å². The van der Waals surface area contributed by atoms with Gasteiger partial charge in [-0.05, 0) is 41.5 Å². The number of rotatable bonds is 5. The third-order valence-electron chi connectivity index (χ3n) is 4.33. The molecule has 4 rings (SSSR count). The van der Waals surface area contributed by atoms with Crippen molar-refractivity contribution in [2.24, 2.45) is 5.84 Å². The Morgan fingerprint density at radius 2 is 1.73 bits per heavy atom. The van der Waals surface area contributed by atoms with Gasteiger partial charge in [-0.2, -0.15) is 0 Å². The van der Waals surface area contributed by atoms with E-state index in [2.05, 4.69) is 5.32 Å². The smallest absolute Gasteiger partial charge is 0.333 e. The molecule has 7 nitrogen and oxygen atoms in total. The average molecular weight is 407 g/mol. The number of amides is 2. The quantitative estimate of drug-likeness (QED) is 0.324. The normalized spacial score (nSPS) is 11.2. The second kappa shape index (κ2) is 10.2. The third-order valence-corrected chi connectivity index (χ3v) is 4.33. The first-order valence-corrected chi connectivity index (χ1v) is 9.71. The van der Waals surface area contributed by atoms with Gasteiger partial charge in [0, 0.05) is 11.3 Å². The van der Waals surface area contributed by atoms with Gasteiger partial charge in [0.1, 0.15) is 12.4 Å². The molecule has 0 spiro atoms. The number of fused-ring (bicyclic) bond motifs is 1. The summed E-state index contributed by atoms with van der Waals surface area (Å²) < 4.78 is 16.8. The molecule has 3 aromatic rings. The van der Waals surface area contributed by atoms with Crippen LogP contribution in [0.25, 0.3) is 11.1 Å². The molecule has 4 N–H and O–H groups in total. The van der Waals surface area contributed by atoms with Crippen molar-refractivity contribution < 1.29 is 19.0 Å². The molecule has 7 heteroatoms. The summed E-state index contributed by atoms with van der Waals surface area (Å²) in [4.78, 5) is 11.5. The number of hydrazine groups is 1. The van der Waals surface area contributed by atoms with Gasteiger partial charge in [-0.1, -0.05) is 50.2 Å². The first kappa shape index (κ1) is 21.0. The molecule has 0 aromatic heterocycles. The van der Waals surface area contributed by atoms with Crippen molar-refractivity contribution in [2.45, 2.75) is 20.5 Å². The molecule has 0 fully saturated rings. The number of anilines is 1. The van der Waals surface area contributed by atoms with Gasteiger partial charge in [0.05, 0.1) is 0 Å². The summed E-state index contributed by atoms with van der Waals surface area (Å²) in [7, 11) is 0. The monoisotopic (exact) mass is 407 g/mol. The van der Waals surface area contributed by atoms with Crippen LogP contribution >= 0.6 is 0 Å². The molecule has 0 atom stereocenters. The van der Waals surface area contributed by atoms with Crippen molar-refractivity contribution in [1.29, 1.82) is 0 Å². The highest BCUT2D eigenvalue weighted by molar-refractivity contribution is 5.89. The van der Waals surface area contributed by atoms with Crippen LogP contribution in [0.2, 0.25) is 0 Å². The predicted octanol–water partition coefficient (Wildman–Crippen LogP) is 4.68. The van der Waals surface area contributed by atoms with Crippen molar-refractivity contribution in [2.75, 3.05) is 12.1 Å². The SMILES string of the molecule is CC.NNC(=O)Nc1ccccc1COc1cccc(-c2ccc3c(c2)OCO3)c1. The van der Waals surface area contributed by atoms with E-state index in [1.54, 1.807) is 6.07 Å². The number of nitrogens with one attached hydrogen (secondary N) is 2. The number of ether oxygens (including phenoxy) is 3. The second-order valence-corrected chi connectivity index (χ2v) is 6.14. The highest BCUT2D eigenvalue weighted by Crippen LogP contribution is 2.36. The van der Waals surface area contributed by atoms with E-state index in [-0.39, 0.29) is 6.79 Å². The summed E-state index contributed by atoms with van der Waals surface area (Å²) >= 11 is 0. The topological polar surface area (TPSA) is 94.8 Å². The van der Waals surface area contributed by atoms with E-state index in [4.69, 9.17) is 20.1 Å². The molecule has 156 valence electrons. The second-order valence-electron chi connectivity index (χ2n) is 6.14. The number of carbonyl (C=O) groups is 1. The van der Waals surface area contributed by atoms with Crippen LogP contribution < -0.4 is 30.8 Å². The van der Waals surface area contributed by atoms with Crippen LogP contribution in [0.4, 0.5) is 10.5 Å². The van der Waals surface area contributed by atoms with Gasteiger partial charge in [-0.25, -0.2) is 10.6 Å². The molecule has 3 aromatic carbocycles. The fraction of sp³-hybridized carbons (Fsp3) is 0.174. The summed E-state index contributed by atoms with van der Waals surface area (Å²) in [5.41, 5.74) is 5.53. The van der Waals surface area contributed by atoms with E-state index in [1.165, 1.54) is 0 Å². The van der Waals surface area contributed by atoms with Gasteiger partial charge in [0.15, 0.2) is 11.5 Å². The fourth-order valence-corrected chi connectivity index (χ4v) is 2.93. The number of hydrogen-bond acceptors (Lipinski definition) is 5. The molecule has 0 aliphatic carbocycles. The zero-order valence-corrected chi connectivity index (χ0v) is 17.0. The summed E-state index contributed by atoms with van der Waals surface area (Å²) in [6.45, 7) is 4.54. The minimum Gasteiger partial charge on any atom is -0.489 e. The standard InChI is InChI=1S/C21H19N3O4.C2H6/c22-24-21(25)23-18-7-2-1-4-16(18)12-26-17-6-3-5-14(10-17)15-8-9-19-20(11-15)28-13-27-19;1-2/h1-11H,12-13,22H2,(H2,23,24,25);1-2H3. The largest absolute Gasteiger partial charge is 0.489 e. The van der Waals surface area contributed by atoms with Crippen LogP contribution in [0.15, 0.2) is 66.7 Å². The van der Waals surface area contributed by atoms with E-state index in [0.717, 1.165) is 28.2 Å². The predicted molar refractivity (Wildman–Crippen MR) is 116 cm³/mol.